The van der Waals surface area contributed by atoms with Gasteiger partial charge in [0.1, 0.15) is 0 Å². The number of nitrogens with one attached hydrogen (secondary N) is 1. The molecule has 0 unspecified atom stereocenters. The summed E-state index contributed by atoms with van der Waals surface area (Å²) in [5.74, 6) is -0.341. The Labute approximate surface area is 109 Å². The SMILES string of the molecule is Cn1ccc(C(=O)Nc2cccc(/C(N)=N/O)c2)n1. The van der Waals surface area contributed by atoms with E-state index in [1.807, 2.05) is 0 Å². The van der Waals surface area contributed by atoms with E-state index < -0.39 is 0 Å². The molecule has 0 saturated carbocycles. The molecule has 0 radical (unpaired) electrons. The number of aryl methyl sites for hydroxylation is 1. The first-order chi connectivity index (χ1) is 9.10. The van der Waals surface area contributed by atoms with Crippen LogP contribution in [0.25, 0.3) is 0 Å². The molecule has 0 spiro atoms. The number of oxime groups is 1. The number of hydrogen-bond acceptors (Lipinski definition) is 4. The molecule has 1 aromatic heterocycles. The van der Waals surface area contributed by atoms with Crippen LogP contribution in [0, 0.1) is 0 Å². The molecule has 7 nitrogen and oxygen atoms in total. The summed E-state index contributed by atoms with van der Waals surface area (Å²) in [5, 5.41) is 18.2. The van der Waals surface area contributed by atoms with Gasteiger partial charge in [-0.15, -0.1) is 0 Å². The first-order valence-corrected chi connectivity index (χ1v) is 5.49. The van der Waals surface area contributed by atoms with Crippen LogP contribution in [0.1, 0.15) is 16.1 Å². The molecule has 7 heteroatoms. The van der Waals surface area contributed by atoms with Crippen molar-refractivity contribution in [1.82, 2.24) is 9.78 Å². The maximum Gasteiger partial charge on any atom is 0.276 e. The standard InChI is InChI=1S/C12H13N5O2/c1-17-6-5-10(15-17)12(18)14-9-4-2-3-8(7-9)11(13)16-19/h2-7,19H,1H3,(H2,13,16)(H,14,18). The topological polar surface area (TPSA) is 106 Å². The number of nitrogens with two attached hydrogens (primary N) is 1. The van der Waals surface area contributed by atoms with Gasteiger partial charge >= 0.3 is 0 Å². The lowest BCUT2D eigenvalue weighted by Gasteiger charge is -2.05. The van der Waals surface area contributed by atoms with Gasteiger partial charge in [0.15, 0.2) is 11.5 Å². The molecule has 4 N–H and O–H groups in total. The molecular weight excluding hydrogens is 246 g/mol. The van der Waals surface area contributed by atoms with Crippen LogP contribution in [0.5, 0.6) is 0 Å². The Bertz CT molecular complexity index is 633. The van der Waals surface area contributed by atoms with E-state index in [1.54, 1.807) is 48.3 Å². The number of anilines is 1. The van der Waals surface area contributed by atoms with Gasteiger partial charge in [-0.1, -0.05) is 17.3 Å². The van der Waals surface area contributed by atoms with Gasteiger partial charge in [-0.25, -0.2) is 0 Å². The molecule has 2 rings (SSSR count). The first kappa shape index (κ1) is 12.6. The predicted molar refractivity (Wildman–Crippen MR) is 70.1 cm³/mol. The normalized spacial score (nSPS) is 11.3. The minimum Gasteiger partial charge on any atom is -0.409 e. The van der Waals surface area contributed by atoms with Gasteiger partial charge in [0, 0.05) is 24.5 Å². The first-order valence-electron chi connectivity index (χ1n) is 5.49. The summed E-state index contributed by atoms with van der Waals surface area (Å²) in [4.78, 5) is 11.9. The lowest BCUT2D eigenvalue weighted by Crippen LogP contribution is -2.15. The third-order valence-electron chi connectivity index (χ3n) is 2.47. The third kappa shape index (κ3) is 2.89. The van der Waals surface area contributed by atoms with E-state index >= 15 is 0 Å². The monoisotopic (exact) mass is 259 g/mol. The minimum atomic E-state index is -0.322. The highest BCUT2D eigenvalue weighted by Crippen LogP contribution is 2.11. The van der Waals surface area contributed by atoms with Gasteiger partial charge in [0.25, 0.3) is 5.91 Å². The van der Waals surface area contributed by atoms with Crippen LogP contribution >= 0.6 is 0 Å². The number of amides is 1. The molecule has 0 aliphatic heterocycles. The Balaban J connectivity index is 2.17. The van der Waals surface area contributed by atoms with Crippen molar-refractivity contribution in [3.8, 4) is 0 Å². The second-order valence-corrected chi connectivity index (χ2v) is 3.89. The average Bonchev–Trinajstić information content (AvgIpc) is 2.85. The average molecular weight is 259 g/mol. The van der Waals surface area contributed by atoms with Crippen molar-refractivity contribution in [2.45, 2.75) is 0 Å². The van der Waals surface area contributed by atoms with Gasteiger partial charge in [-0.05, 0) is 18.2 Å². The number of carbonyl (C=O) groups excluding carboxylic acids is 1. The highest BCUT2D eigenvalue weighted by molar-refractivity contribution is 6.04. The Morgan fingerprint density at radius 3 is 2.89 bits per heavy atom. The smallest absolute Gasteiger partial charge is 0.276 e. The lowest BCUT2D eigenvalue weighted by molar-refractivity contribution is 0.102. The number of benzene rings is 1. The molecule has 2 aromatic rings. The van der Waals surface area contributed by atoms with Gasteiger partial charge < -0.3 is 16.3 Å². The molecule has 0 aliphatic rings. The van der Waals surface area contributed by atoms with Crippen LogP contribution in [0.2, 0.25) is 0 Å². The fraction of sp³-hybridized carbons (Fsp3) is 0.0833. The second kappa shape index (κ2) is 5.21. The van der Waals surface area contributed by atoms with Gasteiger partial charge in [0.05, 0.1) is 0 Å². The molecule has 0 atom stereocenters. The second-order valence-electron chi connectivity index (χ2n) is 3.89. The Morgan fingerprint density at radius 2 is 2.26 bits per heavy atom. The van der Waals surface area contributed by atoms with Crippen molar-refractivity contribution in [3.05, 3.63) is 47.8 Å². The fourth-order valence-electron chi connectivity index (χ4n) is 1.55. The summed E-state index contributed by atoms with van der Waals surface area (Å²) in [5.41, 5.74) is 6.85. The lowest BCUT2D eigenvalue weighted by atomic mass is 10.2. The zero-order chi connectivity index (χ0) is 13.8. The maximum atomic E-state index is 11.9. The van der Waals surface area contributed by atoms with Crippen LogP contribution in [-0.2, 0) is 7.05 Å². The molecule has 19 heavy (non-hydrogen) atoms. The van der Waals surface area contributed by atoms with E-state index in [0.717, 1.165) is 0 Å². The van der Waals surface area contributed by atoms with Crippen LogP contribution in [0.15, 0.2) is 41.7 Å². The number of nitrogens with zero attached hydrogens (tertiary/aromatic N) is 3. The Morgan fingerprint density at radius 1 is 1.47 bits per heavy atom. The number of amidine groups is 1. The summed E-state index contributed by atoms with van der Waals surface area (Å²) < 4.78 is 1.54. The molecule has 98 valence electrons. The van der Waals surface area contributed by atoms with Crippen molar-refractivity contribution < 1.29 is 10.0 Å². The van der Waals surface area contributed by atoms with E-state index in [-0.39, 0.29) is 11.7 Å². The Kier molecular flexibility index (Phi) is 3.46. The summed E-state index contributed by atoms with van der Waals surface area (Å²) in [7, 11) is 1.73. The number of rotatable bonds is 3. The number of aromatic nitrogens is 2. The minimum absolute atomic E-state index is 0.0195. The summed E-state index contributed by atoms with van der Waals surface area (Å²) in [6.07, 6.45) is 1.68. The van der Waals surface area contributed by atoms with Gasteiger partial charge in [0.2, 0.25) is 0 Å². The molecule has 0 bridgehead atoms. The largest absolute Gasteiger partial charge is 0.409 e. The molecule has 0 saturated heterocycles. The van der Waals surface area contributed by atoms with Crippen molar-refractivity contribution in [1.29, 1.82) is 0 Å². The van der Waals surface area contributed by atoms with Crippen molar-refractivity contribution in [3.63, 3.8) is 0 Å². The Hall–Kier alpha value is -2.83. The zero-order valence-electron chi connectivity index (χ0n) is 10.2. The molecule has 1 aromatic carbocycles. The van der Waals surface area contributed by atoms with Crippen molar-refractivity contribution in [2.75, 3.05) is 5.32 Å². The summed E-state index contributed by atoms with van der Waals surface area (Å²) >= 11 is 0. The third-order valence-corrected chi connectivity index (χ3v) is 2.47. The van der Waals surface area contributed by atoms with Crippen LogP contribution < -0.4 is 11.1 Å². The maximum absolute atomic E-state index is 11.9. The molecule has 1 heterocycles. The van der Waals surface area contributed by atoms with E-state index in [9.17, 15) is 4.79 Å². The predicted octanol–water partition coefficient (Wildman–Crippen LogP) is 0.767. The van der Waals surface area contributed by atoms with Crippen LogP contribution in [-0.4, -0.2) is 26.7 Å². The van der Waals surface area contributed by atoms with E-state index in [0.29, 0.717) is 16.9 Å². The fourth-order valence-corrected chi connectivity index (χ4v) is 1.55. The highest BCUT2D eigenvalue weighted by Gasteiger charge is 2.09. The highest BCUT2D eigenvalue weighted by atomic mass is 16.4. The molecule has 0 fully saturated rings. The van der Waals surface area contributed by atoms with E-state index in [1.165, 1.54) is 0 Å². The molecular formula is C12H13N5O2. The summed E-state index contributed by atoms with van der Waals surface area (Å²) in [6.45, 7) is 0. The number of hydrogen-bond donors (Lipinski definition) is 3. The molecule has 1 amide bonds. The van der Waals surface area contributed by atoms with Crippen molar-refractivity contribution >= 4 is 17.4 Å². The van der Waals surface area contributed by atoms with Crippen molar-refractivity contribution in [2.24, 2.45) is 17.9 Å². The van der Waals surface area contributed by atoms with Crippen LogP contribution in [0.4, 0.5) is 5.69 Å². The molecule has 0 aliphatic carbocycles. The van der Waals surface area contributed by atoms with Gasteiger partial charge in [-0.2, -0.15) is 5.10 Å². The zero-order valence-corrected chi connectivity index (χ0v) is 10.2. The summed E-state index contributed by atoms with van der Waals surface area (Å²) in [6, 6.07) is 8.29. The van der Waals surface area contributed by atoms with Crippen LogP contribution in [0.3, 0.4) is 0 Å². The quantitative estimate of drug-likeness (QED) is 0.327. The van der Waals surface area contributed by atoms with E-state index in [4.69, 9.17) is 10.9 Å². The number of carbonyl (C=O) groups is 1. The van der Waals surface area contributed by atoms with E-state index in [2.05, 4.69) is 15.6 Å². The van der Waals surface area contributed by atoms with Gasteiger partial charge in [-0.3, -0.25) is 9.48 Å².